The number of aliphatic imine (C=N–C) groups is 1. The third-order valence-electron chi connectivity index (χ3n) is 8.74. The number of halogens is 2. The lowest BCUT2D eigenvalue weighted by atomic mass is 9.81. The second-order valence-corrected chi connectivity index (χ2v) is 12.1. The van der Waals surface area contributed by atoms with Crippen LogP contribution >= 0.6 is 0 Å². The molecule has 4 nitrogen and oxygen atoms in total. The van der Waals surface area contributed by atoms with E-state index in [-0.39, 0.29) is 23.0 Å². The Labute approximate surface area is 247 Å². The maximum Gasteiger partial charge on any atom is 0.216 e. The molecule has 0 bridgehead atoms. The van der Waals surface area contributed by atoms with Gasteiger partial charge < -0.3 is 10.2 Å². The first kappa shape index (κ1) is 27.8. The van der Waals surface area contributed by atoms with Crippen LogP contribution in [0.3, 0.4) is 0 Å². The fraction of sp³-hybridized carbons (Fsp3) is 0.278. The largest absolute Gasteiger partial charge is 0.377 e. The van der Waals surface area contributed by atoms with Crippen LogP contribution in [0.25, 0.3) is 5.70 Å². The standard InChI is InChI=1S/C36H37F2N4/c1-23-29-13-11-26(37)21-32(29)39-31(23)15-9-24-7-6-8-25(35(24)42-19-17-28(18-20-42)41(4)5)10-16-34-36(2,3)30-14-12-27(38)22-33(30)40-34/h9-23,39H,6-8H2,1-5H3/q+1/b16-10+,24-9+,31-15+/t23-/m0/s1. The smallest absolute Gasteiger partial charge is 0.216 e. The number of nitrogens with one attached hydrogen (secondary N) is 1. The molecule has 1 aromatic heterocycles. The maximum atomic E-state index is 13.9. The Kier molecular flexibility index (Phi) is 7.17. The number of fused-ring (bicyclic) bond motifs is 2. The highest BCUT2D eigenvalue weighted by molar-refractivity contribution is 6.08. The Morgan fingerprint density at radius 2 is 1.69 bits per heavy atom. The summed E-state index contributed by atoms with van der Waals surface area (Å²) < 4.78 is 30.0. The number of benzene rings is 2. The molecule has 6 rings (SSSR count). The molecule has 1 aliphatic carbocycles. The Morgan fingerprint density at radius 3 is 2.45 bits per heavy atom. The van der Waals surface area contributed by atoms with E-state index in [9.17, 15) is 8.78 Å². The molecule has 214 valence electrons. The van der Waals surface area contributed by atoms with Crippen molar-refractivity contribution in [3.05, 3.63) is 125 Å². The van der Waals surface area contributed by atoms with Crippen molar-refractivity contribution in [3.63, 3.8) is 0 Å². The normalized spacial score (nSPS) is 21.1. The average Bonchev–Trinajstić information content (AvgIpc) is 3.41. The van der Waals surface area contributed by atoms with Gasteiger partial charge in [0.15, 0.2) is 12.4 Å². The van der Waals surface area contributed by atoms with E-state index in [2.05, 4.69) is 84.4 Å². The van der Waals surface area contributed by atoms with Crippen molar-refractivity contribution in [1.82, 2.24) is 0 Å². The molecule has 1 atom stereocenters. The molecule has 1 N–H and O–H groups in total. The molecule has 0 spiro atoms. The van der Waals surface area contributed by atoms with Gasteiger partial charge in [0.25, 0.3) is 0 Å². The summed E-state index contributed by atoms with van der Waals surface area (Å²) in [6.07, 6.45) is 15.8. The SMILES string of the molecule is C[C@@H]1/C(=C\C=C2/CCCC(/C=C/C3=Nc4cc(F)ccc4C3(C)C)=C2[n+]2ccc(N(C)C)cc2)Nc2cc(F)ccc21. The second kappa shape index (κ2) is 10.8. The molecule has 3 heterocycles. The fourth-order valence-corrected chi connectivity index (χ4v) is 6.21. The predicted octanol–water partition coefficient (Wildman–Crippen LogP) is 8.37. The van der Waals surface area contributed by atoms with E-state index in [0.717, 1.165) is 58.9 Å². The zero-order valence-electron chi connectivity index (χ0n) is 24.9. The second-order valence-electron chi connectivity index (χ2n) is 12.1. The molecule has 0 fully saturated rings. The zero-order chi connectivity index (χ0) is 29.6. The van der Waals surface area contributed by atoms with Gasteiger partial charge in [-0.2, -0.15) is 4.57 Å². The van der Waals surface area contributed by atoms with Crippen LogP contribution in [0, 0.1) is 11.6 Å². The van der Waals surface area contributed by atoms with E-state index in [1.165, 1.54) is 29.3 Å². The van der Waals surface area contributed by atoms with E-state index >= 15 is 0 Å². The van der Waals surface area contributed by atoms with Crippen LogP contribution in [-0.2, 0) is 5.41 Å². The summed E-state index contributed by atoms with van der Waals surface area (Å²) in [5.41, 5.74) is 10.1. The van der Waals surface area contributed by atoms with Crippen molar-refractivity contribution >= 4 is 28.5 Å². The molecular weight excluding hydrogens is 526 g/mol. The average molecular weight is 564 g/mol. The molecular formula is C36H37F2N4+. The number of allylic oxidation sites excluding steroid dienone is 8. The number of pyridine rings is 1. The minimum absolute atomic E-state index is 0.161. The van der Waals surface area contributed by atoms with E-state index in [1.54, 1.807) is 6.07 Å². The first-order chi connectivity index (χ1) is 20.1. The third-order valence-corrected chi connectivity index (χ3v) is 8.74. The Bertz CT molecular complexity index is 1700. The van der Waals surface area contributed by atoms with E-state index in [0.29, 0.717) is 5.69 Å². The molecule has 2 aromatic carbocycles. The quantitative estimate of drug-likeness (QED) is 0.316. The molecule has 0 amide bonds. The molecule has 2 aliphatic heterocycles. The van der Waals surface area contributed by atoms with Crippen molar-refractivity contribution in [2.75, 3.05) is 24.3 Å². The van der Waals surface area contributed by atoms with Crippen molar-refractivity contribution in [1.29, 1.82) is 0 Å². The van der Waals surface area contributed by atoms with Crippen LogP contribution in [0.15, 0.2) is 107 Å². The van der Waals surface area contributed by atoms with Crippen molar-refractivity contribution in [3.8, 4) is 0 Å². The van der Waals surface area contributed by atoms with Crippen molar-refractivity contribution in [2.24, 2.45) is 4.99 Å². The summed E-state index contributed by atoms with van der Waals surface area (Å²) in [5.74, 6) is -0.339. The predicted molar refractivity (Wildman–Crippen MR) is 168 cm³/mol. The summed E-state index contributed by atoms with van der Waals surface area (Å²) >= 11 is 0. The van der Waals surface area contributed by atoms with Crippen molar-refractivity contribution in [2.45, 2.75) is 51.4 Å². The summed E-state index contributed by atoms with van der Waals surface area (Å²) in [5, 5.41) is 3.43. The van der Waals surface area contributed by atoms with Gasteiger partial charge in [0, 0.05) is 65.8 Å². The van der Waals surface area contributed by atoms with Crippen LogP contribution in [0.4, 0.5) is 25.8 Å². The highest BCUT2D eigenvalue weighted by Gasteiger charge is 2.34. The fourth-order valence-electron chi connectivity index (χ4n) is 6.21. The molecule has 3 aliphatic rings. The number of anilines is 2. The first-order valence-corrected chi connectivity index (χ1v) is 14.6. The number of rotatable bonds is 5. The zero-order valence-corrected chi connectivity index (χ0v) is 24.9. The molecule has 0 radical (unpaired) electrons. The lowest BCUT2D eigenvalue weighted by Crippen LogP contribution is -2.35. The molecule has 3 aromatic rings. The van der Waals surface area contributed by atoms with Gasteiger partial charge in [0.2, 0.25) is 5.70 Å². The minimum Gasteiger partial charge on any atom is -0.377 e. The highest BCUT2D eigenvalue weighted by atomic mass is 19.1. The number of nitrogens with zero attached hydrogens (tertiary/aromatic N) is 3. The Balaban J connectivity index is 1.40. The van der Waals surface area contributed by atoms with E-state index < -0.39 is 0 Å². The van der Waals surface area contributed by atoms with Crippen LogP contribution in [0.5, 0.6) is 0 Å². The van der Waals surface area contributed by atoms with Crippen LogP contribution in [0.1, 0.15) is 57.1 Å². The van der Waals surface area contributed by atoms with Gasteiger partial charge in [-0.15, -0.1) is 0 Å². The van der Waals surface area contributed by atoms with E-state index in [4.69, 9.17) is 4.99 Å². The van der Waals surface area contributed by atoms with Crippen molar-refractivity contribution < 1.29 is 13.3 Å². The third kappa shape index (κ3) is 5.11. The minimum atomic E-state index is -0.308. The number of hydrogen-bond acceptors (Lipinski definition) is 3. The number of aromatic nitrogens is 1. The Hall–Kier alpha value is -4.32. The first-order valence-electron chi connectivity index (χ1n) is 14.6. The van der Waals surface area contributed by atoms with Gasteiger partial charge in [-0.05, 0) is 66.8 Å². The van der Waals surface area contributed by atoms with Gasteiger partial charge >= 0.3 is 0 Å². The molecule has 0 unspecified atom stereocenters. The molecule has 42 heavy (non-hydrogen) atoms. The monoisotopic (exact) mass is 563 g/mol. The molecule has 0 saturated carbocycles. The summed E-state index contributed by atoms with van der Waals surface area (Å²) in [6, 6.07) is 14.1. The molecule has 0 saturated heterocycles. The lowest BCUT2D eigenvalue weighted by molar-refractivity contribution is -0.580. The van der Waals surface area contributed by atoms with Gasteiger partial charge in [-0.25, -0.2) is 8.78 Å². The van der Waals surface area contributed by atoms with E-state index in [1.807, 2.05) is 26.2 Å². The van der Waals surface area contributed by atoms with Crippen LogP contribution in [0.2, 0.25) is 0 Å². The maximum absolute atomic E-state index is 13.9. The van der Waals surface area contributed by atoms with Crippen LogP contribution < -0.4 is 14.8 Å². The van der Waals surface area contributed by atoms with Crippen LogP contribution in [-0.4, -0.2) is 19.8 Å². The highest BCUT2D eigenvalue weighted by Crippen LogP contribution is 2.42. The number of hydrogen-bond donors (Lipinski definition) is 1. The van der Waals surface area contributed by atoms with Gasteiger partial charge in [-0.1, -0.05) is 45.1 Å². The van der Waals surface area contributed by atoms with Gasteiger partial charge in [0.1, 0.15) is 11.6 Å². The Morgan fingerprint density at radius 1 is 0.952 bits per heavy atom. The summed E-state index contributed by atoms with van der Waals surface area (Å²) in [6.45, 7) is 6.43. The molecule has 6 heteroatoms. The van der Waals surface area contributed by atoms with Gasteiger partial charge in [0.05, 0.1) is 11.4 Å². The lowest BCUT2D eigenvalue weighted by Gasteiger charge is -2.21. The summed E-state index contributed by atoms with van der Waals surface area (Å²) in [7, 11) is 4.08. The topological polar surface area (TPSA) is 31.5 Å². The van der Waals surface area contributed by atoms with Gasteiger partial charge in [-0.3, -0.25) is 4.99 Å². The summed E-state index contributed by atoms with van der Waals surface area (Å²) in [4.78, 5) is 6.91.